The minimum absolute atomic E-state index is 0.121. The number of aryl methyl sites for hydroxylation is 1. The Balaban J connectivity index is 2.62. The smallest absolute Gasteiger partial charge is 0.272 e. The van der Waals surface area contributed by atoms with Crippen molar-refractivity contribution in [2.24, 2.45) is 0 Å². The lowest BCUT2D eigenvalue weighted by Gasteiger charge is -2.13. The third-order valence-corrected chi connectivity index (χ3v) is 2.44. The standard InChI is InChI=1S/C12H18N2O3/c1-4-17-10(3)8-13-11-5-6-12(14(15)16)9(2)7-11/h5-7,10,13H,4,8H2,1-3H3. The van der Waals surface area contributed by atoms with Crippen LogP contribution in [0.1, 0.15) is 19.4 Å². The molecule has 0 spiro atoms. The average Bonchev–Trinajstić information content (AvgIpc) is 2.26. The first-order chi connectivity index (χ1) is 8.04. The first-order valence-electron chi connectivity index (χ1n) is 5.65. The zero-order chi connectivity index (χ0) is 12.8. The van der Waals surface area contributed by atoms with Crippen LogP contribution in [0.5, 0.6) is 0 Å². The topological polar surface area (TPSA) is 64.4 Å². The summed E-state index contributed by atoms with van der Waals surface area (Å²) < 4.78 is 5.39. The maximum atomic E-state index is 10.6. The fourth-order valence-corrected chi connectivity index (χ4v) is 1.58. The van der Waals surface area contributed by atoms with Gasteiger partial charge < -0.3 is 10.1 Å². The molecule has 0 aliphatic heterocycles. The van der Waals surface area contributed by atoms with E-state index in [1.165, 1.54) is 6.07 Å². The highest BCUT2D eigenvalue weighted by Crippen LogP contribution is 2.21. The lowest BCUT2D eigenvalue weighted by atomic mass is 10.2. The van der Waals surface area contributed by atoms with E-state index < -0.39 is 0 Å². The van der Waals surface area contributed by atoms with Crippen LogP contribution in [0.4, 0.5) is 11.4 Å². The van der Waals surface area contributed by atoms with E-state index in [1.54, 1.807) is 19.1 Å². The molecule has 5 nitrogen and oxygen atoms in total. The number of ether oxygens (including phenoxy) is 1. The van der Waals surface area contributed by atoms with Crippen molar-refractivity contribution >= 4 is 11.4 Å². The van der Waals surface area contributed by atoms with Crippen molar-refractivity contribution in [3.8, 4) is 0 Å². The van der Waals surface area contributed by atoms with Crippen LogP contribution in [-0.4, -0.2) is 24.2 Å². The SMILES string of the molecule is CCOC(C)CNc1ccc([N+](=O)[O-])c(C)c1. The first kappa shape index (κ1) is 13.4. The minimum Gasteiger partial charge on any atom is -0.382 e. The van der Waals surface area contributed by atoms with Gasteiger partial charge in [-0.1, -0.05) is 0 Å². The van der Waals surface area contributed by atoms with E-state index in [4.69, 9.17) is 4.74 Å². The van der Waals surface area contributed by atoms with E-state index >= 15 is 0 Å². The van der Waals surface area contributed by atoms with Gasteiger partial charge in [0.05, 0.1) is 11.0 Å². The molecule has 0 saturated carbocycles. The summed E-state index contributed by atoms with van der Waals surface area (Å²) in [4.78, 5) is 10.3. The van der Waals surface area contributed by atoms with Crippen molar-refractivity contribution in [3.63, 3.8) is 0 Å². The highest BCUT2D eigenvalue weighted by molar-refractivity contribution is 5.53. The number of nitro benzene ring substituents is 1. The van der Waals surface area contributed by atoms with Gasteiger partial charge in [0.2, 0.25) is 0 Å². The second-order valence-electron chi connectivity index (χ2n) is 3.91. The summed E-state index contributed by atoms with van der Waals surface area (Å²) in [5.41, 5.74) is 1.68. The molecule has 1 aromatic carbocycles. The van der Waals surface area contributed by atoms with Gasteiger partial charge in [-0.3, -0.25) is 10.1 Å². The summed E-state index contributed by atoms with van der Waals surface area (Å²) in [6.45, 7) is 7.03. The summed E-state index contributed by atoms with van der Waals surface area (Å²) in [5.74, 6) is 0. The highest BCUT2D eigenvalue weighted by atomic mass is 16.6. The third kappa shape index (κ3) is 4.03. The number of rotatable bonds is 6. The van der Waals surface area contributed by atoms with Crippen LogP contribution in [0.15, 0.2) is 18.2 Å². The Hall–Kier alpha value is -1.62. The van der Waals surface area contributed by atoms with Gasteiger partial charge in [-0.05, 0) is 32.9 Å². The summed E-state index contributed by atoms with van der Waals surface area (Å²) >= 11 is 0. The van der Waals surface area contributed by atoms with Crippen molar-refractivity contribution in [2.75, 3.05) is 18.5 Å². The zero-order valence-electron chi connectivity index (χ0n) is 10.4. The number of hydrogen-bond donors (Lipinski definition) is 1. The van der Waals surface area contributed by atoms with E-state index in [0.29, 0.717) is 18.7 Å². The summed E-state index contributed by atoms with van der Waals surface area (Å²) in [6.07, 6.45) is 0.121. The molecule has 0 saturated heterocycles. The van der Waals surface area contributed by atoms with Crippen molar-refractivity contribution < 1.29 is 9.66 Å². The van der Waals surface area contributed by atoms with Crippen LogP contribution >= 0.6 is 0 Å². The number of nitrogens with zero attached hydrogens (tertiary/aromatic N) is 1. The van der Waals surface area contributed by atoms with Crippen molar-refractivity contribution in [1.29, 1.82) is 0 Å². The highest BCUT2D eigenvalue weighted by Gasteiger charge is 2.10. The molecule has 1 atom stereocenters. The molecular formula is C12H18N2O3. The van der Waals surface area contributed by atoms with Crippen LogP contribution in [0.2, 0.25) is 0 Å². The summed E-state index contributed by atoms with van der Waals surface area (Å²) in [6, 6.07) is 5.00. The molecule has 0 heterocycles. The van der Waals surface area contributed by atoms with E-state index in [0.717, 1.165) is 5.69 Å². The van der Waals surface area contributed by atoms with Gasteiger partial charge in [0.15, 0.2) is 0 Å². The van der Waals surface area contributed by atoms with Gasteiger partial charge in [0.1, 0.15) is 0 Å². The first-order valence-corrected chi connectivity index (χ1v) is 5.65. The number of nitrogens with one attached hydrogen (secondary N) is 1. The van der Waals surface area contributed by atoms with Crippen LogP contribution in [0.25, 0.3) is 0 Å². The molecule has 0 aliphatic rings. The predicted octanol–water partition coefficient (Wildman–Crippen LogP) is 2.74. The molecule has 0 aliphatic carbocycles. The number of nitro groups is 1. The fraction of sp³-hybridized carbons (Fsp3) is 0.500. The Labute approximate surface area is 101 Å². The third-order valence-electron chi connectivity index (χ3n) is 2.44. The van der Waals surface area contributed by atoms with E-state index in [1.807, 2.05) is 13.8 Å². The summed E-state index contributed by atoms with van der Waals surface area (Å²) in [5, 5.41) is 13.8. The lowest BCUT2D eigenvalue weighted by molar-refractivity contribution is -0.385. The number of hydrogen-bond acceptors (Lipinski definition) is 4. The Kier molecular flexibility index (Phi) is 4.90. The Bertz CT molecular complexity index is 393. The molecule has 1 N–H and O–H groups in total. The Morgan fingerprint density at radius 2 is 2.24 bits per heavy atom. The molecule has 17 heavy (non-hydrogen) atoms. The molecule has 1 unspecified atom stereocenters. The van der Waals surface area contributed by atoms with Gasteiger partial charge >= 0.3 is 0 Å². The quantitative estimate of drug-likeness (QED) is 0.611. The normalized spacial score (nSPS) is 12.2. The zero-order valence-corrected chi connectivity index (χ0v) is 10.4. The molecule has 0 fully saturated rings. The van der Waals surface area contributed by atoms with Gasteiger partial charge in [0, 0.05) is 30.5 Å². The number of anilines is 1. The second-order valence-corrected chi connectivity index (χ2v) is 3.91. The molecule has 1 aromatic rings. The second kappa shape index (κ2) is 6.20. The lowest BCUT2D eigenvalue weighted by Crippen LogP contribution is -2.19. The van der Waals surface area contributed by atoms with Gasteiger partial charge in [-0.2, -0.15) is 0 Å². The maximum absolute atomic E-state index is 10.6. The van der Waals surface area contributed by atoms with Crippen LogP contribution in [0, 0.1) is 17.0 Å². The van der Waals surface area contributed by atoms with E-state index in [9.17, 15) is 10.1 Å². The molecule has 0 bridgehead atoms. The van der Waals surface area contributed by atoms with Crippen LogP contribution < -0.4 is 5.32 Å². The van der Waals surface area contributed by atoms with E-state index in [2.05, 4.69) is 5.32 Å². The fourth-order valence-electron chi connectivity index (χ4n) is 1.58. The van der Waals surface area contributed by atoms with Gasteiger partial charge in [-0.25, -0.2) is 0 Å². The molecule has 1 rings (SSSR count). The molecule has 0 amide bonds. The monoisotopic (exact) mass is 238 g/mol. The van der Waals surface area contributed by atoms with Gasteiger partial charge in [-0.15, -0.1) is 0 Å². The molecular weight excluding hydrogens is 220 g/mol. The van der Waals surface area contributed by atoms with Crippen LogP contribution in [-0.2, 0) is 4.74 Å². The van der Waals surface area contributed by atoms with Crippen LogP contribution in [0.3, 0.4) is 0 Å². The average molecular weight is 238 g/mol. The van der Waals surface area contributed by atoms with Crippen molar-refractivity contribution in [2.45, 2.75) is 26.9 Å². The molecule has 0 aromatic heterocycles. The largest absolute Gasteiger partial charge is 0.382 e. The Morgan fingerprint density at radius 1 is 1.53 bits per heavy atom. The minimum atomic E-state index is -0.373. The van der Waals surface area contributed by atoms with Gasteiger partial charge in [0.25, 0.3) is 5.69 Å². The van der Waals surface area contributed by atoms with E-state index in [-0.39, 0.29) is 16.7 Å². The summed E-state index contributed by atoms with van der Waals surface area (Å²) in [7, 11) is 0. The molecule has 5 heteroatoms. The number of benzene rings is 1. The van der Waals surface area contributed by atoms with Crippen molar-refractivity contribution in [1.82, 2.24) is 0 Å². The Morgan fingerprint density at radius 3 is 2.76 bits per heavy atom. The predicted molar refractivity (Wildman–Crippen MR) is 67.4 cm³/mol. The van der Waals surface area contributed by atoms with Crippen molar-refractivity contribution in [3.05, 3.63) is 33.9 Å². The molecule has 94 valence electrons. The molecule has 0 radical (unpaired) electrons. The maximum Gasteiger partial charge on any atom is 0.272 e.